The van der Waals surface area contributed by atoms with Gasteiger partial charge in [-0.3, -0.25) is 9.59 Å². The van der Waals surface area contributed by atoms with Crippen LogP contribution in [0.5, 0.6) is 0 Å². The Hall–Kier alpha value is -1.59. The summed E-state index contributed by atoms with van der Waals surface area (Å²) in [5.41, 5.74) is 5.73. The number of primary amides is 1. The van der Waals surface area contributed by atoms with E-state index in [1.807, 2.05) is 0 Å². The maximum Gasteiger partial charge on any atom is 0.250 e. The topological polar surface area (TPSA) is 92.4 Å². The zero-order chi connectivity index (χ0) is 12.8. The Morgan fingerprint density at radius 2 is 2.12 bits per heavy atom. The van der Waals surface area contributed by atoms with Gasteiger partial charge in [0.15, 0.2) is 0 Å². The summed E-state index contributed by atoms with van der Waals surface area (Å²) in [4.78, 5) is 22.4. The van der Waals surface area contributed by atoms with E-state index < -0.39 is 5.91 Å². The Morgan fingerprint density at radius 1 is 1.41 bits per heavy atom. The third-order valence-electron chi connectivity index (χ3n) is 2.08. The van der Waals surface area contributed by atoms with E-state index in [0.29, 0.717) is 12.1 Å². The molecule has 1 aromatic carbocycles. The fourth-order valence-electron chi connectivity index (χ4n) is 1.25. The largest absolute Gasteiger partial charge is 0.396 e. The van der Waals surface area contributed by atoms with Gasteiger partial charge in [-0.05, 0) is 24.6 Å². The van der Waals surface area contributed by atoms with Crippen LogP contribution in [0.3, 0.4) is 0 Å². The molecule has 0 radical (unpaired) electrons. The number of aliphatic hydroxyl groups excluding tert-OH is 1. The van der Waals surface area contributed by atoms with Crippen LogP contribution in [-0.2, 0) is 4.79 Å². The molecule has 0 fully saturated rings. The normalized spacial score (nSPS) is 10.0. The molecule has 0 saturated heterocycles. The summed E-state index contributed by atoms with van der Waals surface area (Å²) in [6, 6.07) is 4.48. The van der Waals surface area contributed by atoms with Crippen molar-refractivity contribution in [2.24, 2.45) is 5.73 Å². The van der Waals surface area contributed by atoms with Gasteiger partial charge in [0.25, 0.3) is 0 Å². The highest BCUT2D eigenvalue weighted by Gasteiger charge is 2.09. The highest BCUT2D eigenvalue weighted by atomic mass is 35.5. The second kappa shape index (κ2) is 6.22. The van der Waals surface area contributed by atoms with Gasteiger partial charge in [-0.15, -0.1) is 0 Å². The van der Waals surface area contributed by atoms with Crippen molar-refractivity contribution in [1.29, 1.82) is 0 Å². The predicted molar refractivity (Wildman–Crippen MR) is 64.9 cm³/mol. The molecule has 0 saturated carbocycles. The number of halogens is 1. The molecule has 0 aliphatic rings. The molecule has 1 rings (SSSR count). The fraction of sp³-hybridized carbons (Fsp3) is 0.273. The lowest BCUT2D eigenvalue weighted by Gasteiger charge is -2.07. The number of nitrogens with two attached hydrogens (primary N) is 1. The lowest BCUT2D eigenvalue weighted by Crippen LogP contribution is -2.15. The van der Waals surface area contributed by atoms with Crippen LogP contribution in [0.4, 0.5) is 5.69 Å². The highest BCUT2D eigenvalue weighted by Crippen LogP contribution is 2.20. The number of aliphatic hydroxyl groups is 1. The number of hydrogen-bond donors (Lipinski definition) is 3. The monoisotopic (exact) mass is 256 g/mol. The van der Waals surface area contributed by atoms with Crippen LogP contribution >= 0.6 is 11.6 Å². The van der Waals surface area contributed by atoms with Crippen LogP contribution in [0.1, 0.15) is 23.2 Å². The third-order valence-corrected chi connectivity index (χ3v) is 2.41. The Balaban J connectivity index is 2.75. The molecule has 0 spiro atoms. The van der Waals surface area contributed by atoms with E-state index in [9.17, 15) is 9.59 Å². The standard InChI is InChI=1S/C11H13ClN2O3/c12-9-4-3-7(6-8(9)11(13)17)14-10(16)2-1-5-15/h3-4,6,15H,1-2,5H2,(H2,13,17)(H,14,16). The predicted octanol–water partition coefficient (Wildman–Crippen LogP) is 1.15. The smallest absolute Gasteiger partial charge is 0.250 e. The number of nitrogens with one attached hydrogen (secondary N) is 1. The van der Waals surface area contributed by atoms with E-state index in [4.69, 9.17) is 22.4 Å². The molecular formula is C11H13ClN2O3. The molecule has 0 atom stereocenters. The fourth-order valence-corrected chi connectivity index (χ4v) is 1.47. The summed E-state index contributed by atoms with van der Waals surface area (Å²) in [6.07, 6.45) is 0.604. The minimum Gasteiger partial charge on any atom is -0.396 e. The molecular weight excluding hydrogens is 244 g/mol. The van der Waals surface area contributed by atoms with Crippen molar-refractivity contribution in [3.63, 3.8) is 0 Å². The van der Waals surface area contributed by atoms with Crippen molar-refractivity contribution in [3.05, 3.63) is 28.8 Å². The SMILES string of the molecule is NC(=O)c1cc(NC(=O)CCCO)ccc1Cl. The van der Waals surface area contributed by atoms with Gasteiger partial charge in [0.05, 0.1) is 10.6 Å². The molecule has 6 heteroatoms. The van der Waals surface area contributed by atoms with Gasteiger partial charge in [0.1, 0.15) is 0 Å². The molecule has 1 aromatic rings. The van der Waals surface area contributed by atoms with Crippen LogP contribution in [-0.4, -0.2) is 23.5 Å². The van der Waals surface area contributed by atoms with Crippen LogP contribution < -0.4 is 11.1 Å². The van der Waals surface area contributed by atoms with Crippen molar-refractivity contribution in [3.8, 4) is 0 Å². The first-order valence-corrected chi connectivity index (χ1v) is 5.42. The molecule has 0 bridgehead atoms. The number of benzene rings is 1. The van der Waals surface area contributed by atoms with E-state index >= 15 is 0 Å². The molecule has 17 heavy (non-hydrogen) atoms. The van der Waals surface area contributed by atoms with Crippen molar-refractivity contribution >= 4 is 29.1 Å². The van der Waals surface area contributed by atoms with Crippen molar-refractivity contribution < 1.29 is 14.7 Å². The summed E-state index contributed by atoms with van der Waals surface area (Å²) in [6.45, 7) is -0.0411. The first-order chi connectivity index (χ1) is 8.04. The van der Waals surface area contributed by atoms with Gasteiger partial charge >= 0.3 is 0 Å². The Kier molecular flexibility index (Phi) is 4.93. The summed E-state index contributed by atoms with van der Waals surface area (Å²) < 4.78 is 0. The average Bonchev–Trinajstić information content (AvgIpc) is 2.28. The summed E-state index contributed by atoms with van der Waals surface area (Å²) in [7, 11) is 0. The summed E-state index contributed by atoms with van der Waals surface area (Å²) in [5, 5.41) is 11.4. The molecule has 0 aromatic heterocycles. The molecule has 92 valence electrons. The van der Waals surface area contributed by atoms with Crippen LogP contribution in [0.25, 0.3) is 0 Å². The zero-order valence-electron chi connectivity index (χ0n) is 9.07. The zero-order valence-corrected chi connectivity index (χ0v) is 9.83. The van der Waals surface area contributed by atoms with Crippen LogP contribution in [0.2, 0.25) is 5.02 Å². The molecule has 0 heterocycles. The first kappa shape index (κ1) is 13.5. The molecule has 0 aliphatic heterocycles. The van der Waals surface area contributed by atoms with Crippen molar-refractivity contribution in [2.75, 3.05) is 11.9 Å². The van der Waals surface area contributed by atoms with Gasteiger partial charge in [0, 0.05) is 18.7 Å². The Bertz CT molecular complexity index is 435. The summed E-state index contributed by atoms with van der Waals surface area (Å²) >= 11 is 5.76. The average molecular weight is 257 g/mol. The van der Waals surface area contributed by atoms with Gasteiger partial charge in [-0.2, -0.15) is 0 Å². The number of anilines is 1. The van der Waals surface area contributed by atoms with Crippen molar-refractivity contribution in [1.82, 2.24) is 0 Å². The molecule has 5 nitrogen and oxygen atoms in total. The second-order valence-electron chi connectivity index (χ2n) is 3.43. The highest BCUT2D eigenvalue weighted by molar-refractivity contribution is 6.33. The lowest BCUT2D eigenvalue weighted by molar-refractivity contribution is -0.116. The molecule has 0 unspecified atom stereocenters. The van der Waals surface area contributed by atoms with Crippen molar-refractivity contribution in [2.45, 2.75) is 12.8 Å². The minimum atomic E-state index is -0.651. The van der Waals surface area contributed by atoms with E-state index in [1.54, 1.807) is 6.07 Å². The molecule has 4 N–H and O–H groups in total. The number of amides is 2. The molecule has 0 aliphatic carbocycles. The quantitative estimate of drug-likeness (QED) is 0.738. The van der Waals surface area contributed by atoms with Crippen LogP contribution in [0.15, 0.2) is 18.2 Å². The van der Waals surface area contributed by atoms with E-state index in [0.717, 1.165) is 0 Å². The van der Waals surface area contributed by atoms with Gasteiger partial charge in [0.2, 0.25) is 11.8 Å². The second-order valence-corrected chi connectivity index (χ2v) is 3.84. The maximum atomic E-state index is 11.4. The Morgan fingerprint density at radius 3 is 2.71 bits per heavy atom. The number of carbonyl (C=O) groups is 2. The van der Waals surface area contributed by atoms with Gasteiger partial charge in [-0.1, -0.05) is 11.6 Å². The maximum absolute atomic E-state index is 11.4. The van der Waals surface area contributed by atoms with Gasteiger partial charge < -0.3 is 16.2 Å². The number of carbonyl (C=O) groups excluding carboxylic acids is 2. The number of rotatable bonds is 5. The number of hydrogen-bond acceptors (Lipinski definition) is 3. The first-order valence-electron chi connectivity index (χ1n) is 5.04. The van der Waals surface area contributed by atoms with Gasteiger partial charge in [-0.25, -0.2) is 0 Å². The lowest BCUT2D eigenvalue weighted by atomic mass is 10.2. The summed E-state index contributed by atoms with van der Waals surface area (Å²) in [5.74, 6) is -0.891. The van der Waals surface area contributed by atoms with E-state index in [2.05, 4.69) is 5.32 Å². The van der Waals surface area contributed by atoms with E-state index in [1.165, 1.54) is 12.1 Å². The Labute approximate surface area is 104 Å². The molecule has 2 amide bonds. The van der Waals surface area contributed by atoms with Crippen LogP contribution in [0, 0.1) is 0 Å². The third kappa shape index (κ3) is 4.05. The minimum absolute atomic E-state index is 0.0411. The van der Waals surface area contributed by atoms with E-state index in [-0.39, 0.29) is 29.5 Å².